The van der Waals surface area contributed by atoms with Gasteiger partial charge in [0, 0.05) is 28.5 Å². The van der Waals surface area contributed by atoms with E-state index in [2.05, 4.69) is 44.2 Å². The summed E-state index contributed by atoms with van der Waals surface area (Å²) in [7, 11) is 0. The molecule has 1 atom stereocenters. The van der Waals surface area contributed by atoms with Crippen molar-refractivity contribution < 1.29 is 0 Å². The van der Waals surface area contributed by atoms with Gasteiger partial charge in [0.1, 0.15) is 0 Å². The van der Waals surface area contributed by atoms with E-state index in [1.807, 2.05) is 28.4 Å². The number of rotatable bonds is 4. The minimum absolute atomic E-state index is 0.328. The molecule has 2 heterocycles. The molecule has 2 rings (SSSR count). The Labute approximate surface area is 106 Å². The molecule has 2 aromatic rings. The number of aromatic nitrogens is 2. The smallest absolute Gasteiger partial charge is 0.0731 e. The van der Waals surface area contributed by atoms with Crippen LogP contribution in [0.5, 0.6) is 0 Å². The first-order chi connectivity index (χ1) is 8.10. The third-order valence-electron chi connectivity index (χ3n) is 2.89. The van der Waals surface area contributed by atoms with Crippen molar-refractivity contribution >= 4 is 17.0 Å². The quantitative estimate of drug-likeness (QED) is 0.894. The van der Waals surface area contributed by atoms with Crippen LogP contribution in [-0.4, -0.2) is 9.78 Å². The Morgan fingerprint density at radius 2 is 2.24 bits per heavy atom. The summed E-state index contributed by atoms with van der Waals surface area (Å²) in [6.07, 6.45) is 3.93. The first-order valence-corrected chi connectivity index (χ1v) is 6.77. The van der Waals surface area contributed by atoms with E-state index in [0.29, 0.717) is 6.04 Å². The van der Waals surface area contributed by atoms with Gasteiger partial charge in [-0.25, -0.2) is 0 Å². The number of nitrogens with zero attached hydrogens (tertiary/aromatic N) is 2. The summed E-state index contributed by atoms with van der Waals surface area (Å²) < 4.78 is 1.93. The van der Waals surface area contributed by atoms with Gasteiger partial charge in [0.15, 0.2) is 0 Å². The van der Waals surface area contributed by atoms with E-state index in [4.69, 9.17) is 0 Å². The molecule has 0 aromatic carbocycles. The van der Waals surface area contributed by atoms with Crippen molar-refractivity contribution in [1.29, 1.82) is 0 Å². The molecule has 0 aliphatic rings. The Morgan fingerprint density at radius 1 is 1.47 bits per heavy atom. The van der Waals surface area contributed by atoms with Gasteiger partial charge >= 0.3 is 0 Å². The van der Waals surface area contributed by atoms with Crippen LogP contribution in [0.3, 0.4) is 0 Å². The fourth-order valence-corrected chi connectivity index (χ4v) is 3.04. The molecule has 0 saturated heterocycles. The molecular weight excluding hydrogens is 230 g/mol. The predicted octanol–water partition coefficient (Wildman–Crippen LogP) is 3.75. The first kappa shape index (κ1) is 12.2. The molecule has 0 aliphatic heterocycles. The van der Waals surface area contributed by atoms with Gasteiger partial charge in [0.25, 0.3) is 0 Å². The summed E-state index contributed by atoms with van der Waals surface area (Å²) in [4.78, 5) is 2.76. The van der Waals surface area contributed by atoms with E-state index in [-0.39, 0.29) is 0 Å². The maximum absolute atomic E-state index is 4.27. The Hall–Kier alpha value is -1.29. The van der Waals surface area contributed by atoms with E-state index in [9.17, 15) is 0 Å². The Kier molecular flexibility index (Phi) is 3.52. The van der Waals surface area contributed by atoms with Gasteiger partial charge < -0.3 is 5.32 Å². The molecule has 92 valence electrons. The van der Waals surface area contributed by atoms with Crippen molar-refractivity contribution in [3.05, 3.63) is 33.8 Å². The van der Waals surface area contributed by atoms with Crippen molar-refractivity contribution in [3.8, 4) is 0 Å². The second-order valence-electron chi connectivity index (χ2n) is 4.32. The highest BCUT2D eigenvalue weighted by atomic mass is 32.1. The molecule has 0 spiro atoms. The average molecular weight is 249 g/mol. The van der Waals surface area contributed by atoms with Crippen molar-refractivity contribution in [3.63, 3.8) is 0 Å². The van der Waals surface area contributed by atoms with Crippen molar-refractivity contribution in [1.82, 2.24) is 9.78 Å². The fraction of sp³-hybridized carbons (Fsp3) is 0.462. The van der Waals surface area contributed by atoms with E-state index in [1.54, 1.807) is 0 Å². The largest absolute Gasteiger partial charge is 0.376 e. The lowest BCUT2D eigenvalue weighted by Crippen LogP contribution is -2.06. The van der Waals surface area contributed by atoms with Crippen LogP contribution in [0.25, 0.3) is 0 Å². The summed E-state index contributed by atoms with van der Waals surface area (Å²) >= 11 is 1.86. The van der Waals surface area contributed by atoms with Gasteiger partial charge in [0.2, 0.25) is 0 Å². The highest BCUT2D eigenvalue weighted by Gasteiger charge is 2.11. The standard InChI is InChI=1S/C13H19N3S/c1-5-16-8-12(7-14-16)15-10(3)13-6-9(2)17-11(13)4/h6-8,10,15H,5H2,1-4H3. The van der Waals surface area contributed by atoms with Crippen LogP contribution in [0.1, 0.15) is 35.2 Å². The Balaban J connectivity index is 2.11. The van der Waals surface area contributed by atoms with Gasteiger partial charge in [-0.3, -0.25) is 4.68 Å². The van der Waals surface area contributed by atoms with Crippen molar-refractivity contribution in [2.75, 3.05) is 5.32 Å². The van der Waals surface area contributed by atoms with Crippen molar-refractivity contribution in [2.24, 2.45) is 0 Å². The minimum Gasteiger partial charge on any atom is -0.376 e. The second-order valence-corrected chi connectivity index (χ2v) is 5.78. The normalized spacial score (nSPS) is 12.7. The van der Waals surface area contributed by atoms with E-state index in [0.717, 1.165) is 12.2 Å². The molecular formula is C13H19N3S. The molecule has 0 radical (unpaired) electrons. The molecule has 0 bridgehead atoms. The third kappa shape index (κ3) is 2.69. The van der Waals surface area contributed by atoms with Crippen LogP contribution in [0.15, 0.2) is 18.5 Å². The SMILES string of the molecule is CCn1cc(NC(C)c2cc(C)sc2C)cn1. The monoisotopic (exact) mass is 249 g/mol. The number of anilines is 1. The maximum Gasteiger partial charge on any atom is 0.0731 e. The highest BCUT2D eigenvalue weighted by molar-refractivity contribution is 7.12. The van der Waals surface area contributed by atoms with Crippen LogP contribution in [0.2, 0.25) is 0 Å². The summed E-state index contributed by atoms with van der Waals surface area (Å²) in [5, 5.41) is 7.76. The highest BCUT2D eigenvalue weighted by Crippen LogP contribution is 2.28. The zero-order chi connectivity index (χ0) is 12.4. The first-order valence-electron chi connectivity index (χ1n) is 5.96. The predicted molar refractivity (Wildman–Crippen MR) is 73.7 cm³/mol. The maximum atomic E-state index is 4.27. The molecule has 0 fully saturated rings. The van der Waals surface area contributed by atoms with Crippen LogP contribution < -0.4 is 5.32 Å². The van der Waals surface area contributed by atoms with Crippen LogP contribution in [0.4, 0.5) is 5.69 Å². The van der Waals surface area contributed by atoms with Gasteiger partial charge in [-0.1, -0.05) is 0 Å². The van der Waals surface area contributed by atoms with Crippen LogP contribution >= 0.6 is 11.3 Å². The number of hydrogen-bond donors (Lipinski definition) is 1. The lowest BCUT2D eigenvalue weighted by molar-refractivity contribution is 0.660. The number of thiophene rings is 1. The van der Waals surface area contributed by atoms with E-state index in [1.165, 1.54) is 15.3 Å². The number of aryl methyl sites for hydroxylation is 3. The summed E-state index contributed by atoms with van der Waals surface area (Å²) in [5.41, 5.74) is 2.47. The summed E-state index contributed by atoms with van der Waals surface area (Å²) in [5.74, 6) is 0. The molecule has 1 N–H and O–H groups in total. The van der Waals surface area contributed by atoms with E-state index >= 15 is 0 Å². The molecule has 4 heteroatoms. The second kappa shape index (κ2) is 4.92. The molecule has 3 nitrogen and oxygen atoms in total. The molecule has 17 heavy (non-hydrogen) atoms. The summed E-state index contributed by atoms with van der Waals surface area (Å²) in [6.45, 7) is 9.53. The zero-order valence-corrected chi connectivity index (χ0v) is 11.6. The third-order valence-corrected chi connectivity index (χ3v) is 3.87. The summed E-state index contributed by atoms with van der Waals surface area (Å²) in [6, 6.07) is 2.59. The van der Waals surface area contributed by atoms with Crippen molar-refractivity contribution in [2.45, 2.75) is 40.3 Å². The van der Waals surface area contributed by atoms with E-state index < -0.39 is 0 Å². The lowest BCUT2D eigenvalue weighted by Gasteiger charge is -2.13. The fourth-order valence-electron chi connectivity index (χ4n) is 2.02. The zero-order valence-electron chi connectivity index (χ0n) is 10.8. The van der Waals surface area contributed by atoms with Gasteiger partial charge in [-0.15, -0.1) is 11.3 Å². The Bertz CT molecular complexity index is 498. The van der Waals surface area contributed by atoms with Crippen LogP contribution in [0, 0.1) is 13.8 Å². The van der Waals surface area contributed by atoms with Crippen LogP contribution in [-0.2, 0) is 6.54 Å². The van der Waals surface area contributed by atoms with Gasteiger partial charge in [-0.05, 0) is 39.3 Å². The molecule has 0 aliphatic carbocycles. The average Bonchev–Trinajstić information content (AvgIpc) is 2.85. The molecule has 2 aromatic heterocycles. The molecule has 0 saturated carbocycles. The van der Waals surface area contributed by atoms with Gasteiger partial charge in [-0.2, -0.15) is 5.10 Å². The molecule has 1 unspecified atom stereocenters. The molecule has 0 amide bonds. The number of nitrogens with one attached hydrogen (secondary N) is 1. The number of hydrogen-bond acceptors (Lipinski definition) is 3. The topological polar surface area (TPSA) is 29.9 Å². The lowest BCUT2D eigenvalue weighted by atomic mass is 10.1. The minimum atomic E-state index is 0.328. The Morgan fingerprint density at radius 3 is 2.76 bits per heavy atom. The van der Waals surface area contributed by atoms with Gasteiger partial charge in [0.05, 0.1) is 11.9 Å².